The van der Waals surface area contributed by atoms with Crippen LogP contribution in [-0.2, 0) is 10.0 Å². The van der Waals surface area contributed by atoms with E-state index in [2.05, 4.69) is 4.72 Å². The molecule has 2 aromatic carbocycles. The van der Waals surface area contributed by atoms with E-state index in [0.29, 0.717) is 0 Å². The van der Waals surface area contributed by atoms with Crippen molar-refractivity contribution in [1.82, 2.24) is 0 Å². The molecule has 0 heterocycles. The number of sulfonamides is 1. The van der Waals surface area contributed by atoms with E-state index in [0.717, 1.165) is 6.07 Å². The summed E-state index contributed by atoms with van der Waals surface area (Å²) in [7, 11) is -4.04. The van der Waals surface area contributed by atoms with Crippen LogP contribution in [0.4, 0.5) is 10.1 Å². The number of hydrogen-bond donors (Lipinski definition) is 1. The first-order chi connectivity index (χ1) is 9.83. The Kier molecular flexibility index (Phi) is 4.37. The van der Waals surface area contributed by atoms with Crippen molar-refractivity contribution in [3.8, 4) is 6.07 Å². The maximum absolute atomic E-state index is 13.5. The molecule has 4 nitrogen and oxygen atoms in total. The summed E-state index contributed by atoms with van der Waals surface area (Å²) >= 11 is 11.5. The number of rotatable bonds is 3. The minimum absolute atomic E-state index is 0.141. The Hall–Kier alpha value is -1.81. The summed E-state index contributed by atoms with van der Waals surface area (Å²) < 4.78 is 40.0. The van der Waals surface area contributed by atoms with Crippen molar-refractivity contribution >= 4 is 38.9 Å². The van der Waals surface area contributed by atoms with Crippen molar-refractivity contribution in [2.75, 3.05) is 4.72 Å². The molecule has 0 aliphatic carbocycles. The van der Waals surface area contributed by atoms with Crippen LogP contribution in [0, 0.1) is 17.1 Å². The molecule has 0 atom stereocenters. The Labute approximate surface area is 130 Å². The topological polar surface area (TPSA) is 70.0 Å². The highest BCUT2D eigenvalue weighted by molar-refractivity contribution is 7.92. The molecule has 0 bridgehead atoms. The van der Waals surface area contributed by atoms with Gasteiger partial charge in [0.05, 0.1) is 10.6 Å². The highest BCUT2D eigenvalue weighted by atomic mass is 35.5. The molecule has 8 heteroatoms. The zero-order valence-corrected chi connectivity index (χ0v) is 12.6. The molecule has 0 saturated heterocycles. The Bertz CT molecular complexity index is 827. The molecule has 1 N–H and O–H groups in total. The van der Waals surface area contributed by atoms with Crippen LogP contribution in [0.2, 0.25) is 10.0 Å². The van der Waals surface area contributed by atoms with Crippen LogP contribution in [0.3, 0.4) is 0 Å². The van der Waals surface area contributed by atoms with Crippen molar-refractivity contribution < 1.29 is 12.8 Å². The third kappa shape index (κ3) is 3.45. The number of hydrogen-bond acceptors (Lipinski definition) is 3. The smallest absolute Gasteiger partial charge is 0.262 e. The Morgan fingerprint density at radius 1 is 1.14 bits per heavy atom. The van der Waals surface area contributed by atoms with Crippen LogP contribution >= 0.6 is 23.2 Å². The van der Waals surface area contributed by atoms with Gasteiger partial charge in [-0.15, -0.1) is 0 Å². The van der Waals surface area contributed by atoms with Gasteiger partial charge in [0.25, 0.3) is 10.0 Å². The largest absolute Gasteiger partial charge is 0.278 e. The van der Waals surface area contributed by atoms with Crippen LogP contribution in [0.5, 0.6) is 0 Å². The molecule has 0 aliphatic heterocycles. The summed E-state index contributed by atoms with van der Waals surface area (Å²) in [5.74, 6) is -0.818. The lowest BCUT2D eigenvalue weighted by Crippen LogP contribution is -2.14. The zero-order valence-electron chi connectivity index (χ0n) is 10.3. The number of nitrogens with one attached hydrogen (secondary N) is 1. The molecule has 0 saturated carbocycles. The van der Waals surface area contributed by atoms with E-state index in [-0.39, 0.29) is 20.6 Å². The summed E-state index contributed by atoms with van der Waals surface area (Å²) in [5, 5.41) is 9.17. The predicted octanol–water partition coefficient (Wildman–Crippen LogP) is 3.80. The fourth-order valence-corrected chi connectivity index (χ4v) is 3.41. The lowest BCUT2D eigenvalue weighted by molar-refractivity contribution is 0.601. The lowest BCUT2D eigenvalue weighted by Gasteiger charge is -2.10. The molecule has 0 amide bonds. The monoisotopic (exact) mass is 344 g/mol. The number of halogens is 3. The van der Waals surface area contributed by atoms with E-state index in [1.54, 1.807) is 6.07 Å². The van der Waals surface area contributed by atoms with Gasteiger partial charge in [0.1, 0.15) is 17.4 Å². The third-order valence-corrected chi connectivity index (χ3v) is 4.30. The summed E-state index contributed by atoms with van der Waals surface area (Å²) in [6, 6.07) is 9.01. The lowest BCUT2D eigenvalue weighted by atomic mass is 10.2. The Morgan fingerprint density at radius 3 is 2.33 bits per heavy atom. The molecular formula is C13H7Cl2FN2O2S. The summed E-state index contributed by atoms with van der Waals surface area (Å²) in [4.78, 5) is -0.187. The molecule has 0 fully saturated rings. The second-order valence-electron chi connectivity index (χ2n) is 3.98. The standard InChI is InChI=1S/C13H7Cl2FN2O2S/c14-8-4-9(15)6-10(5-8)21(19,20)18-13-3-1-2-12(16)11(13)7-17/h1-6,18H. The van der Waals surface area contributed by atoms with Crippen molar-refractivity contribution in [1.29, 1.82) is 5.26 Å². The molecular weight excluding hydrogens is 338 g/mol. The number of benzene rings is 2. The van der Waals surface area contributed by atoms with Gasteiger partial charge in [-0.05, 0) is 30.3 Å². The van der Waals surface area contributed by atoms with Crippen LogP contribution < -0.4 is 4.72 Å². The van der Waals surface area contributed by atoms with Crippen LogP contribution in [0.15, 0.2) is 41.3 Å². The van der Waals surface area contributed by atoms with Crippen LogP contribution in [-0.4, -0.2) is 8.42 Å². The maximum atomic E-state index is 13.5. The van der Waals surface area contributed by atoms with Gasteiger partial charge >= 0.3 is 0 Å². The van der Waals surface area contributed by atoms with Crippen molar-refractivity contribution in [3.63, 3.8) is 0 Å². The Morgan fingerprint density at radius 2 is 1.76 bits per heavy atom. The minimum atomic E-state index is -4.04. The first kappa shape index (κ1) is 15.6. The normalized spacial score (nSPS) is 11.0. The minimum Gasteiger partial charge on any atom is -0.278 e. The van der Waals surface area contributed by atoms with Gasteiger partial charge in [-0.2, -0.15) is 5.26 Å². The number of anilines is 1. The number of nitrogens with zero attached hydrogens (tertiary/aromatic N) is 1. The van der Waals surface area contributed by atoms with E-state index >= 15 is 0 Å². The quantitative estimate of drug-likeness (QED) is 0.920. The van der Waals surface area contributed by atoms with Gasteiger partial charge in [0.15, 0.2) is 0 Å². The fraction of sp³-hybridized carbons (Fsp3) is 0. The zero-order chi connectivity index (χ0) is 15.6. The van der Waals surface area contributed by atoms with E-state index in [9.17, 15) is 12.8 Å². The van der Waals surface area contributed by atoms with Gasteiger partial charge in [0.2, 0.25) is 0 Å². The van der Waals surface area contributed by atoms with Crippen LogP contribution in [0.1, 0.15) is 5.56 Å². The molecule has 2 rings (SSSR count). The second kappa shape index (κ2) is 5.90. The maximum Gasteiger partial charge on any atom is 0.262 e. The average molecular weight is 345 g/mol. The molecule has 0 spiro atoms. The summed E-state index contributed by atoms with van der Waals surface area (Å²) in [6.07, 6.45) is 0. The SMILES string of the molecule is N#Cc1c(F)cccc1NS(=O)(=O)c1cc(Cl)cc(Cl)c1. The molecule has 0 aromatic heterocycles. The van der Waals surface area contributed by atoms with Gasteiger partial charge in [0, 0.05) is 10.0 Å². The molecule has 21 heavy (non-hydrogen) atoms. The van der Waals surface area contributed by atoms with E-state index in [1.807, 2.05) is 0 Å². The van der Waals surface area contributed by atoms with Gasteiger partial charge in [-0.25, -0.2) is 12.8 Å². The first-order valence-electron chi connectivity index (χ1n) is 5.51. The summed E-state index contributed by atoms with van der Waals surface area (Å²) in [6.45, 7) is 0. The Balaban J connectivity index is 2.48. The van der Waals surface area contributed by atoms with E-state index < -0.39 is 21.4 Å². The average Bonchev–Trinajstić information content (AvgIpc) is 2.37. The van der Waals surface area contributed by atoms with Crippen molar-refractivity contribution in [3.05, 3.63) is 57.8 Å². The molecule has 0 unspecified atom stereocenters. The molecule has 0 aliphatic rings. The van der Waals surface area contributed by atoms with E-state index in [4.69, 9.17) is 28.5 Å². The van der Waals surface area contributed by atoms with Gasteiger partial charge in [-0.3, -0.25) is 4.72 Å². The number of nitriles is 1. The van der Waals surface area contributed by atoms with Gasteiger partial charge < -0.3 is 0 Å². The predicted molar refractivity (Wildman–Crippen MR) is 78.4 cm³/mol. The first-order valence-corrected chi connectivity index (χ1v) is 7.75. The van der Waals surface area contributed by atoms with Crippen molar-refractivity contribution in [2.45, 2.75) is 4.90 Å². The molecule has 108 valence electrons. The van der Waals surface area contributed by atoms with E-state index in [1.165, 1.54) is 30.3 Å². The third-order valence-electron chi connectivity index (χ3n) is 2.52. The van der Waals surface area contributed by atoms with Gasteiger partial charge in [-0.1, -0.05) is 29.3 Å². The van der Waals surface area contributed by atoms with Crippen LogP contribution in [0.25, 0.3) is 0 Å². The highest BCUT2D eigenvalue weighted by Crippen LogP contribution is 2.26. The molecule has 2 aromatic rings. The summed E-state index contributed by atoms with van der Waals surface area (Å²) in [5.41, 5.74) is -0.553. The molecule has 0 radical (unpaired) electrons. The fourth-order valence-electron chi connectivity index (χ4n) is 1.61. The highest BCUT2D eigenvalue weighted by Gasteiger charge is 2.18. The van der Waals surface area contributed by atoms with Crippen molar-refractivity contribution in [2.24, 2.45) is 0 Å². The second-order valence-corrected chi connectivity index (χ2v) is 6.54.